The minimum absolute atomic E-state index is 0.00786. The summed E-state index contributed by atoms with van der Waals surface area (Å²) in [4.78, 5) is 102. The minimum atomic E-state index is -4.11. The van der Waals surface area contributed by atoms with Crippen molar-refractivity contribution in [2.24, 2.45) is 0 Å². The summed E-state index contributed by atoms with van der Waals surface area (Å²) in [6.45, 7) is 9.57. The van der Waals surface area contributed by atoms with Gasteiger partial charge in [-0.15, -0.1) is 0 Å². The Labute approximate surface area is 580 Å². The van der Waals surface area contributed by atoms with Crippen molar-refractivity contribution >= 4 is 87.4 Å². The number of para-hydroxylation sites is 1. The van der Waals surface area contributed by atoms with Crippen LogP contribution in [-0.2, 0) is 40.1 Å². The molecule has 0 saturated heterocycles. The molecule has 0 radical (unpaired) electrons. The summed E-state index contributed by atoms with van der Waals surface area (Å²) in [6, 6.07) is 44.0. The fourth-order valence-electron chi connectivity index (χ4n) is 8.48. The smallest absolute Gasteiger partial charge is 0.270 e. The molecule has 1 heterocycles. The molecule has 0 unspecified atom stereocenters. The largest absolute Gasteiger partial charge is 0.496 e. The van der Waals surface area contributed by atoms with Gasteiger partial charge in [-0.2, -0.15) is 0 Å². The Morgan fingerprint density at radius 3 is 1.06 bits per heavy atom. The number of sulfonamides is 4. The van der Waals surface area contributed by atoms with Crippen molar-refractivity contribution in [3.63, 3.8) is 0 Å². The van der Waals surface area contributed by atoms with Gasteiger partial charge in [-0.05, 0) is 179 Å². The molecule has 1 aromatic heterocycles. The third-order valence-corrected chi connectivity index (χ3v) is 19.1. The number of aromatic nitrogens is 1. The molecule has 7 aromatic carbocycles. The van der Waals surface area contributed by atoms with Gasteiger partial charge in [0.15, 0.2) is 0 Å². The van der Waals surface area contributed by atoms with Crippen molar-refractivity contribution in [1.29, 1.82) is 0 Å². The lowest BCUT2D eigenvalue weighted by Crippen LogP contribution is -2.31. The molecule has 100 heavy (non-hydrogen) atoms. The first-order valence-electron chi connectivity index (χ1n) is 30.0. The molecule has 0 aliphatic rings. The predicted molar refractivity (Wildman–Crippen MR) is 372 cm³/mol. The summed E-state index contributed by atoms with van der Waals surface area (Å²) in [6.07, 6.45) is 2.23. The SMILES string of the molecule is CCCNC(=O)c1ccc(S(=O)(=O)NC(=O)c2ccccc2C)cc1.COc1ccccc1C(=O)NS(=O)(=O)c1ccc(C(=O)N(C)C)cc1.COc1ncccc1C(=O)NS(=O)(=O)c1ccc(C(=O)NC(C)C)cc1.Cc1ccccc1C(=O)NS(=O)(=O)c1ccc(C(=O)N(C)C)cc1. The third-order valence-electron chi connectivity index (χ3n) is 13.7. The van der Waals surface area contributed by atoms with Gasteiger partial charge in [0.05, 0.1) is 39.4 Å². The molecule has 0 atom stereocenters. The lowest BCUT2D eigenvalue weighted by molar-refractivity contribution is 0.0820. The van der Waals surface area contributed by atoms with Crippen molar-refractivity contribution in [3.05, 3.63) is 244 Å². The molecule has 31 heteroatoms. The van der Waals surface area contributed by atoms with Crippen LogP contribution in [0.3, 0.4) is 0 Å². The molecule has 0 aliphatic heterocycles. The van der Waals surface area contributed by atoms with Crippen molar-refractivity contribution in [1.82, 2.24) is 44.3 Å². The van der Waals surface area contributed by atoms with E-state index in [2.05, 4.69) is 15.6 Å². The molecule has 0 spiro atoms. The molecule has 6 N–H and O–H groups in total. The molecule has 0 fully saturated rings. The molecule has 528 valence electrons. The van der Waals surface area contributed by atoms with Crippen LogP contribution in [0.25, 0.3) is 0 Å². The van der Waals surface area contributed by atoms with Crippen LogP contribution in [0.15, 0.2) is 208 Å². The molecule has 27 nitrogen and oxygen atoms in total. The summed E-state index contributed by atoms with van der Waals surface area (Å²) < 4.78 is 117. The summed E-state index contributed by atoms with van der Waals surface area (Å²) in [5, 5.41) is 5.41. The highest BCUT2D eigenvalue weighted by Gasteiger charge is 2.26. The van der Waals surface area contributed by atoms with Gasteiger partial charge < -0.3 is 29.9 Å². The van der Waals surface area contributed by atoms with E-state index in [1.54, 1.807) is 109 Å². The number of nitrogens with zero attached hydrogens (tertiary/aromatic N) is 3. The standard InChI is InChI=1S/C18H20N2O4S.C17H19N3O5S.C17H18N2O5S.C17H18N2O4S/c1-3-12-19-17(21)14-8-10-15(11-9-14)25(23,24)20-18(22)16-7-5-4-6-13(16)2;1-11(2)19-15(21)12-6-8-13(9-7-12)26(23,24)20-16(22)14-5-4-10-18-17(14)25-3;1-19(2)17(21)12-8-10-13(11-9-12)25(22,23)18-16(20)14-6-4-5-7-15(14)24-3;1-12-6-4-5-7-15(12)16(20)18-24(22,23)14-10-8-13(9-11-14)17(21)19(2)3/h4-11H,3,12H2,1-2H3,(H,19,21)(H,20,22);4-11H,1-3H3,(H,19,21)(H,20,22);4-11H,1-3H3,(H,18,20);4-11H,1-3H3,(H,18,20). The summed E-state index contributed by atoms with van der Waals surface area (Å²) in [7, 11) is -7.09. The second-order valence-electron chi connectivity index (χ2n) is 22.0. The van der Waals surface area contributed by atoms with Gasteiger partial charge in [0.25, 0.3) is 87.4 Å². The van der Waals surface area contributed by atoms with Gasteiger partial charge in [0.1, 0.15) is 11.3 Å². The number of methoxy groups -OCH3 is 2. The first kappa shape index (κ1) is 79.5. The Morgan fingerprint density at radius 2 is 0.720 bits per heavy atom. The Hall–Kier alpha value is -11.2. The van der Waals surface area contributed by atoms with Crippen LogP contribution in [0.5, 0.6) is 11.6 Å². The first-order valence-corrected chi connectivity index (χ1v) is 36.0. The van der Waals surface area contributed by atoms with E-state index in [0.29, 0.717) is 51.1 Å². The number of pyridine rings is 1. The van der Waals surface area contributed by atoms with Gasteiger partial charge in [-0.1, -0.05) is 55.5 Å². The van der Waals surface area contributed by atoms with Gasteiger partial charge in [0, 0.05) is 80.4 Å². The molecule has 0 saturated carbocycles. The molecule has 8 aromatic rings. The molecular formula is C69H75N9O18S4. The minimum Gasteiger partial charge on any atom is -0.496 e. The zero-order chi connectivity index (χ0) is 74.3. The maximum atomic E-state index is 12.4. The first-order chi connectivity index (χ1) is 47.1. The molecular weight excluding hydrogens is 1370 g/mol. The Bertz CT molecular complexity index is 4750. The van der Waals surface area contributed by atoms with E-state index in [1.165, 1.54) is 145 Å². The van der Waals surface area contributed by atoms with Crippen LogP contribution in [0.2, 0.25) is 0 Å². The van der Waals surface area contributed by atoms with Crippen molar-refractivity contribution < 1.29 is 81.5 Å². The van der Waals surface area contributed by atoms with Crippen LogP contribution in [0, 0.1) is 13.8 Å². The average molecular weight is 1450 g/mol. The predicted octanol–water partition coefficient (Wildman–Crippen LogP) is 6.93. The Balaban J connectivity index is 0.000000240. The zero-order valence-corrected chi connectivity index (χ0v) is 59.5. The van der Waals surface area contributed by atoms with Gasteiger partial charge in [-0.25, -0.2) is 57.5 Å². The molecule has 8 rings (SSSR count). The van der Waals surface area contributed by atoms with E-state index in [9.17, 15) is 72.0 Å². The highest BCUT2D eigenvalue weighted by Crippen LogP contribution is 2.21. The number of carbonyl (C=O) groups excluding carboxylic acids is 8. The van der Waals surface area contributed by atoms with Crippen molar-refractivity contribution in [2.75, 3.05) is 49.0 Å². The van der Waals surface area contributed by atoms with E-state index in [-0.39, 0.29) is 72.0 Å². The number of hydrogen-bond acceptors (Lipinski definition) is 19. The Morgan fingerprint density at radius 1 is 0.400 bits per heavy atom. The van der Waals surface area contributed by atoms with Crippen molar-refractivity contribution in [3.8, 4) is 11.6 Å². The number of nitrogens with one attached hydrogen (secondary N) is 6. The monoisotopic (exact) mass is 1450 g/mol. The van der Waals surface area contributed by atoms with Gasteiger partial charge in [0.2, 0.25) is 5.88 Å². The summed E-state index contributed by atoms with van der Waals surface area (Å²) in [5.74, 6) is -3.83. The maximum Gasteiger partial charge on any atom is 0.270 e. The third kappa shape index (κ3) is 22.5. The van der Waals surface area contributed by atoms with Gasteiger partial charge >= 0.3 is 0 Å². The van der Waals surface area contributed by atoms with Crippen LogP contribution in [0.4, 0.5) is 0 Å². The number of hydrogen-bond donors (Lipinski definition) is 6. The van der Waals surface area contributed by atoms with Gasteiger partial charge in [-0.3, -0.25) is 38.4 Å². The number of benzene rings is 7. The van der Waals surface area contributed by atoms with E-state index in [4.69, 9.17) is 9.47 Å². The summed E-state index contributed by atoms with van der Waals surface area (Å²) >= 11 is 0. The number of rotatable bonds is 21. The number of aryl methyl sites for hydroxylation is 2. The normalized spacial score (nSPS) is 11.0. The average Bonchev–Trinajstić information content (AvgIpc) is 0.831. The summed E-state index contributed by atoms with van der Waals surface area (Å²) in [5.41, 5.74) is 3.43. The molecule has 8 amide bonds. The second-order valence-corrected chi connectivity index (χ2v) is 28.7. The molecule has 0 aliphatic carbocycles. The van der Waals surface area contributed by atoms with E-state index in [1.807, 2.05) is 39.7 Å². The second kappa shape index (κ2) is 35.9. The van der Waals surface area contributed by atoms with Crippen LogP contribution >= 0.6 is 0 Å². The lowest BCUT2D eigenvalue weighted by Gasteiger charge is -2.12. The fourth-order valence-corrected chi connectivity index (χ4v) is 12.3. The number of amides is 8. The highest BCUT2D eigenvalue weighted by atomic mass is 32.2. The van der Waals surface area contributed by atoms with E-state index < -0.39 is 63.7 Å². The van der Waals surface area contributed by atoms with Crippen molar-refractivity contribution in [2.45, 2.75) is 66.7 Å². The van der Waals surface area contributed by atoms with Crippen LogP contribution in [-0.4, -0.2) is 151 Å². The fraction of sp³-hybridized carbons (Fsp3) is 0.203. The number of carbonyl (C=O) groups is 8. The molecule has 0 bridgehead atoms. The van der Waals surface area contributed by atoms with Crippen LogP contribution in [0.1, 0.15) is 121 Å². The maximum absolute atomic E-state index is 12.4. The zero-order valence-electron chi connectivity index (χ0n) is 56.2. The Kier molecular flexibility index (Phi) is 28.6. The quantitative estimate of drug-likeness (QED) is 0.0424. The number of ether oxygens (including phenoxy) is 2. The van der Waals surface area contributed by atoms with Crippen LogP contribution < -0.4 is 39.0 Å². The lowest BCUT2D eigenvalue weighted by atomic mass is 10.1. The van der Waals surface area contributed by atoms with E-state index >= 15 is 0 Å². The topological polar surface area (TPSA) is 383 Å². The highest BCUT2D eigenvalue weighted by molar-refractivity contribution is 7.91. The van der Waals surface area contributed by atoms with E-state index in [0.717, 1.165) is 6.42 Å².